The van der Waals surface area contributed by atoms with Gasteiger partial charge in [0.25, 0.3) is 0 Å². The zero-order valence-corrected chi connectivity index (χ0v) is 11.3. The van der Waals surface area contributed by atoms with E-state index < -0.39 is 18.0 Å². The van der Waals surface area contributed by atoms with Gasteiger partial charge in [0.2, 0.25) is 0 Å². The highest BCUT2D eigenvalue weighted by Gasteiger charge is 2.23. The fraction of sp³-hybridized carbons (Fsp3) is 0.462. The fourth-order valence-electron chi connectivity index (χ4n) is 1.57. The van der Waals surface area contributed by atoms with E-state index in [1.165, 1.54) is 0 Å². The van der Waals surface area contributed by atoms with Crippen LogP contribution in [0.5, 0.6) is 0 Å². The second-order valence-electron chi connectivity index (χ2n) is 4.65. The van der Waals surface area contributed by atoms with Crippen LogP contribution in [0.25, 0.3) is 0 Å². The van der Waals surface area contributed by atoms with Gasteiger partial charge in [0.05, 0.1) is 12.2 Å². The number of pyridine rings is 1. The molecule has 0 fully saturated rings. The molecule has 1 rings (SSSR count). The number of carboxylic acid groups (broad SMARTS) is 1. The van der Waals surface area contributed by atoms with Crippen LogP contribution >= 0.6 is 0 Å². The van der Waals surface area contributed by atoms with Gasteiger partial charge in [-0.1, -0.05) is 19.9 Å². The van der Waals surface area contributed by atoms with Crippen molar-refractivity contribution in [3.8, 4) is 0 Å². The summed E-state index contributed by atoms with van der Waals surface area (Å²) in [7, 11) is 0. The summed E-state index contributed by atoms with van der Waals surface area (Å²) in [6, 6.07) is 2.31. The van der Waals surface area contributed by atoms with E-state index in [-0.39, 0.29) is 12.5 Å². The van der Waals surface area contributed by atoms with Crippen LogP contribution < -0.4 is 10.6 Å². The minimum absolute atomic E-state index is 0.181. The van der Waals surface area contributed by atoms with Gasteiger partial charge in [0, 0.05) is 6.20 Å². The second-order valence-corrected chi connectivity index (χ2v) is 4.65. The highest BCUT2D eigenvalue weighted by Crippen LogP contribution is 2.03. The fourth-order valence-corrected chi connectivity index (χ4v) is 1.57. The monoisotopic (exact) mass is 265 g/mol. The van der Waals surface area contributed by atoms with Crippen molar-refractivity contribution in [2.75, 3.05) is 0 Å². The van der Waals surface area contributed by atoms with E-state index in [4.69, 9.17) is 5.11 Å². The molecule has 1 heterocycles. The molecule has 0 saturated heterocycles. The predicted octanol–water partition coefficient (Wildman–Crippen LogP) is 1.30. The quantitative estimate of drug-likeness (QED) is 0.748. The summed E-state index contributed by atoms with van der Waals surface area (Å²) in [6.07, 6.45) is 1.65. The van der Waals surface area contributed by atoms with Gasteiger partial charge >= 0.3 is 12.0 Å². The average Bonchev–Trinajstić information content (AvgIpc) is 2.34. The Morgan fingerprint density at radius 2 is 2.11 bits per heavy atom. The van der Waals surface area contributed by atoms with E-state index in [2.05, 4.69) is 15.6 Å². The van der Waals surface area contributed by atoms with E-state index in [0.29, 0.717) is 0 Å². The summed E-state index contributed by atoms with van der Waals surface area (Å²) in [5.41, 5.74) is 1.73. The van der Waals surface area contributed by atoms with Crippen LogP contribution in [0.15, 0.2) is 18.3 Å². The van der Waals surface area contributed by atoms with Crippen molar-refractivity contribution in [1.82, 2.24) is 15.6 Å². The number of aliphatic carboxylic acids is 1. The van der Waals surface area contributed by atoms with Crippen molar-refractivity contribution >= 4 is 12.0 Å². The third-order valence-corrected chi connectivity index (χ3v) is 2.75. The summed E-state index contributed by atoms with van der Waals surface area (Å²) in [6.45, 7) is 5.64. The Labute approximate surface area is 112 Å². The summed E-state index contributed by atoms with van der Waals surface area (Å²) in [4.78, 5) is 26.7. The highest BCUT2D eigenvalue weighted by atomic mass is 16.4. The third kappa shape index (κ3) is 4.57. The molecule has 19 heavy (non-hydrogen) atoms. The molecule has 0 saturated carbocycles. The molecular formula is C13H19N3O3. The molecule has 1 aromatic heterocycles. The lowest BCUT2D eigenvalue weighted by atomic mass is 10.1. The molecule has 3 N–H and O–H groups in total. The normalized spacial score (nSPS) is 12.0. The Kier molecular flexibility index (Phi) is 5.29. The standard InChI is InChI=1S/C13H19N3O3/c1-8(2)11(12(17)18)16-13(19)15-7-10-9(3)5-4-6-14-10/h4-6,8,11H,7H2,1-3H3,(H,17,18)(H2,15,16,19). The van der Waals surface area contributed by atoms with Gasteiger partial charge in [-0.05, 0) is 24.5 Å². The number of aryl methyl sites for hydroxylation is 1. The first kappa shape index (κ1) is 14.9. The number of hydrogen-bond acceptors (Lipinski definition) is 3. The van der Waals surface area contributed by atoms with Gasteiger partial charge in [0.15, 0.2) is 0 Å². The molecule has 0 spiro atoms. The maximum Gasteiger partial charge on any atom is 0.326 e. The summed E-state index contributed by atoms with van der Waals surface area (Å²) in [5.74, 6) is -1.22. The van der Waals surface area contributed by atoms with E-state index >= 15 is 0 Å². The number of nitrogens with zero attached hydrogens (tertiary/aromatic N) is 1. The van der Waals surface area contributed by atoms with Crippen molar-refractivity contribution in [2.24, 2.45) is 5.92 Å². The summed E-state index contributed by atoms with van der Waals surface area (Å²) in [5, 5.41) is 14.0. The molecule has 0 radical (unpaired) electrons. The Bertz CT molecular complexity index is 460. The smallest absolute Gasteiger partial charge is 0.326 e. The van der Waals surface area contributed by atoms with Gasteiger partial charge in [-0.15, -0.1) is 0 Å². The van der Waals surface area contributed by atoms with Gasteiger partial charge in [-0.2, -0.15) is 0 Å². The number of carbonyl (C=O) groups excluding carboxylic acids is 1. The lowest BCUT2D eigenvalue weighted by Crippen LogP contribution is -2.48. The Hall–Kier alpha value is -2.11. The van der Waals surface area contributed by atoms with Crippen LogP contribution in [0.1, 0.15) is 25.1 Å². The number of nitrogens with one attached hydrogen (secondary N) is 2. The van der Waals surface area contributed by atoms with Crippen molar-refractivity contribution in [3.05, 3.63) is 29.6 Å². The molecule has 104 valence electrons. The number of urea groups is 1. The molecule has 0 aliphatic rings. The van der Waals surface area contributed by atoms with E-state index in [1.54, 1.807) is 20.0 Å². The van der Waals surface area contributed by atoms with Gasteiger partial charge in [0.1, 0.15) is 6.04 Å². The van der Waals surface area contributed by atoms with Crippen LogP contribution in [-0.4, -0.2) is 28.1 Å². The molecule has 0 aliphatic heterocycles. The second kappa shape index (κ2) is 6.72. The molecule has 1 unspecified atom stereocenters. The van der Waals surface area contributed by atoms with E-state index in [9.17, 15) is 9.59 Å². The van der Waals surface area contributed by atoms with Crippen LogP contribution in [-0.2, 0) is 11.3 Å². The lowest BCUT2D eigenvalue weighted by molar-refractivity contribution is -0.140. The summed E-state index contributed by atoms with van der Waals surface area (Å²) < 4.78 is 0. The number of hydrogen-bond donors (Lipinski definition) is 3. The first-order chi connectivity index (χ1) is 8.91. The molecule has 0 aliphatic carbocycles. The van der Waals surface area contributed by atoms with Crippen LogP contribution in [0.3, 0.4) is 0 Å². The lowest BCUT2D eigenvalue weighted by Gasteiger charge is -2.18. The predicted molar refractivity (Wildman–Crippen MR) is 70.6 cm³/mol. The van der Waals surface area contributed by atoms with Gasteiger partial charge in [-0.25, -0.2) is 9.59 Å². The number of amides is 2. The minimum Gasteiger partial charge on any atom is -0.480 e. The molecule has 6 heteroatoms. The van der Waals surface area contributed by atoms with Gasteiger partial charge in [-0.3, -0.25) is 4.98 Å². The first-order valence-corrected chi connectivity index (χ1v) is 6.09. The zero-order valence-electron chi connectivity index (χ0n) is 11.3. The maximum atomic E-state index is 11.6. The van der Waals surface area contributed by atoms with Crippen molar-refractivity contribution in [1.29, 1.82) is 0 Å². The van der Waals surface area contributed by atoms with Crippen LogP contribution in [0, 0.1) is 12.8 Å². The number of carbonyl (C=O) groups is 2. The van der Waals surface area contributed by atoms with Crippen molar-refractivity contribution in [3.63, 3.8) is 0 Å². The molecular weight excluding hydrogens is 246 g/mol. The van der Waals surface area contributed by atoms with Crippen molar-refractivity contribution < 1.29 is 14.7 Å². The molecule has 0 aromatic carbocycles. The zero-order chi connectivity index (χ0) is 14.4. The Morgan fingerprint density at radius 1 is 1.42 bits per heavy atom. The summed E-state index contributed by atoms with van der Waals surface area (Å²) >= 11 is 0. The number of rotatable bonds is 5. The molecule has 1 aromatic rings. The maximum absolute atomic E-state index is 11.6. The van der Waals surface area contributed by atoms with Crippen molar-refractivity contribution in [2.45, 2.75) is 33.4 Å². The topological polar surface area (TPSA) is 91.3 Å². The van der Waals surface area contributed by atoms with E-state index in [1.807, 2.05) is 19.1 Å². The molecule has 2 amide bonds. The number of aromatic nitrogens is 1. The highest BCUT2D eigenvalue weighted by molar-refractivity contribution is 5.82. The Morgan fingerprint density at radius 3 is 2.63 bits per heavy atom. The van der Waals surface area contributed by atoms with Gasteiger partial charge < -0.3 is 15.7 Å². The molecule has 1 atom stereocenters. The largest absolute Gasteiger partial charge is 0.480 e. The molecule has 0 bridgehead atoms. The van der Waals surface area contributed by atoms with Crippen LogP contribution in [0.4, 0.5) is 4.79 Å². The van der Waals surface area contributed by atoms with E-state index in [0.717, 1.165) is 11.3 Å². The average molecular weight is 265 g/mol. The Balaban J connectivity index is 2.52. The molecule has 6 nitrogen and oxygen atoms in total. The first-order valence-electron chi connectivity index (χ1n) is 6.09. The minimum atomic E-state index is -1.04. The third-order valence-electron chi connectivity index (χ3n) is 2.75. The number of carboxylic acids is 1. The SMILES string of the molecule is Cc1cccnc1CNC(=O)NC(C(=O)O)C(C)C. The van der Waals surface area contributed by atoms with Crippen LogP contribution in [0.2, 0.25) is 0 Å².